The number of ether oxygens (including phenoxy) is 1. The molecule has 2 aliphatic heterocycles. The molecule has 0 radical (unpaired) electrons. The average Bonchev–Trinajstić information content (AvgIpc) is 3.21. The lowest BCUT2D eigenvalue weighted by Gasteiger charge is -2.30. The van der Waals surface area contributed by atoms with Crippen LogP contribution in [0, 0.1) is 6.92 Å². The van der Waals surface area contributed by atoms with E-state index in [-0.39, 0.29) is 17.6 Å². The number of hydrogen-bond acceptors (Lipinski definition) is 4. The summed E-state index contributed by atoms with van der Waals surface area (Å²) in [6, 6.07) is 23.0. The molecule has 0 aliphatic carbocycles. The quantitative estimate of drug-likeness (QED) is 0.423. The minimum Gasteiger partial charge on any atom is -0.449 e. The number of amides is 2. The summed E-state index contributed by atoms with van der Waals surface area (Å²) in [5.74, 6) is 0.623. The summed E-state index contributed by atoms with van der Waals surface area (Å²) in [5, 5.41) is 3.04. The van der Waals surface area contributed by atoms with Crippen LogP contribution >= 0.6 is 0 Å². The standard InChI is InChI=1S/C32H35N3O3/c1-24-10-12-26(13-11-24)23-35-28-8-4-5-9-29(28)38-30(32(35)37)22-25-14-16-27(17-15-25)31(36)33-18-21-34-19-6-2-3-7-20-34/h4-5,8-17,22H,2-3,6-7,18-21,23H2,1H3,(H,33,36)/b30-22+. The van der Waals surface area contributed by atoms with Gasteiger partial charge < -0.3 is 15.0 Å². The van der Waals surface area contributed by atoms with Crippen molar-refractivity contribution in [2.75, 3.05) is 31.1 Å². The van der Waals surface area contributed by atoms with Gasteiger partial charge in [-0.3, -0.25) is 14.5 Å². The van der Waals surface area contributed by atoms with Gasteiger partial charge in [-0.05, 0) is 74.3 Å². The van der Waals surface area contributed by atoms with Crippen molar-refractivity contribution in [3.05, 3.63) is 101 Å². The number of likely N-dealkylation sites (tertiary alicyclic amines) is 1. The molecule has 0 atom stereocenters. The summed E-state index contributed by atoms with van der Waals surface area (Å²) in [4.78, 5) is 30.3. The monoisotopic (exact) mass is 509 g/mol. The summed E-state index contributed by atoms with van der Waals surface area (Å²) < 4.78 is 6.02. The molecule has 38 heavy (non-hydrogen) atoms. The molecule has 1 saturated heterocycles. The smallest absolute Gasteiger partial charge is 0.294 e. The molecule has 2 aliphatic rings. The summed E-state index contributed by atoms with van der Waals surface area (Å²) in [6.07, 6.45) is 6.83. The summed E-state index contributed by atoms with van der Waals surface area (Å²) in [5.41, 5.74) is 4.38. The Balaban J connectivity index is 1.26. The number of nitrogens with one attached hydrogen (secondary N) is 1. The first-order valence-corrected chi connectivity index (χ1v) is 13.5. The largest absolute Gasteiger partial charge is 0.449 e. The molecule has 5 rings (SSSR count). The second kappa shape index (κ2) is 12.1. The van der Waals surface area contributed by atoms with Gasteiger partial charge in [-0.15, -0.1) is 0 Å². The minimum absolute atomic E-state index is 0.0813. The number of carbonyl (C=O) groups is 2. The zero-order chi connectivity index (χ0) is 26.3. The van der Waals surface area contributed by atoms with Crippen molar-refractivity contribution in [1.29, 1.82) is 0 Å². The molecule has 6 heteroatoms. The van der Waals surface area contributed by atoms with E-state index in [4.69, 9.17) is 4.74 Å². The zero-order valence-corrected chi connectivity index (χ0v) is 22.0. The van der Waals surface area contributed by atoms with Crippen LogP contribution in [0.4, 0.5) is 5.69 Å². The van der Waals surface area contributed by atoms with Crippen molar-refractivity contribution in [2.24, 2.45) is 0 Å². The summed E-state index contributed by atoms with van der Waals surface area (Å²) in [6.45, 7) is 6.26. The molecule has 1 N–H and O–H groups in total. The van der Waals surface area contributed by atoms with Gasteiger partial charge in [0.25, 0.3) is 11.8 Å². The number of carbonyl (C=O) groups excluding carboxylic acids is 2. The van der Waals surface area contributed by atoms with E-state index in [0.717, 1.165) is 36.4 Å². The molecule has 3 aromatic rings. The third kappa shape index (κ3) is 6.32. The van der Waals surface area contributed by atoms with E-state index in [1.54, 1.807) is 23.1 Å². The lowest BCUT2D eigenvalue weighted by molar-refractivity contribution is -0.117. The van der Waals surface area contributed by atoms with E-state index in [9.17, 15) is 9.59 Å². The molecule has 196 valence electrons. The molecule has 0 spiro atoms. The first kappa shape index (κ1) is 25.7. The Morgan fingerprint density at radius 3 is 2.37 bits per heavy atom. The number of fused-ring (bicyclic) bond motifs is 1. The lowest BCUT2D eigenvalue weighted by atomic mass is 10.1. The maximum atomic E-state index is 13.5. The minimum atomic E-state index is -0.195. The van der Waals surface area contributed by atoms with Crippen LogP contribution in [0.15, 0.2) is 78.6 Å². The van der Waals surface area contributed by atoms with E-state index in [1.165, 1.54) is 31.2 Å². The number of rotatable bonds is 7. The predicted molar refractivity (Wildman–Crippen MR) is 151 cm³/mol. The Morgan fingerprint density at radius 2 is 1.63 bits per heavy atom. The molecular formula is C32H35N3O3. The van der Waals surface area contributed by atoms with Gasteiger partial charge in [0.05, 0.1) is 12.2 Å². The first-order valence-electron chi connectivity index (χ1n) is 13.5. The van der Waals surface area contributed by atoms with Gasteiger partial charge in [-0.1, -0.05) is 66.9 Å². The van der Waals surface area contributed by atoms with Crippen LogP contribution in [0.2, 0.25) is 0 Å². The van der Waals surface area contributed by atoms with Crippen LogP contribution in [0.1, 0.15) is 52.7 Å². The summed E-state index contributed by atoms with van der Waals surface area (Å²) >= 11 is 0. The number of nitrogens with zero attached hydrogens (tertiary/aromatic N) is 2. The maximum Gasteiger partial charge on any atom is 0.294 e. The van der Waals surface area contributed by atoms with Crippen molar-refractivity contribution in [2.45, 2.75) is 39.2 Å². The van der Waals surface area contributed by atoms with Gasteiger partial charge in [0.1, 0.15) is 0 Å². The van der Waals surface area contributed by atoms with Gasteiger partial charge in [0, 0.05) is 18.7 Å². The maximum absolute atomic E-state index is 13.5. The highest BCUT2D eigenvalue weighted by Crippen LogP contribution is 2.36. The van der Waals surface area contributed by atoms with E-state index < -0.39 is 0 Å². The Labute approximate surface area is 224 Å². The molecule has 1 fully saturated rings. The van der Waals surface area contributed by atoms with Crippen LogP contribution in [0.25, 0.3) is 6.08 Å². The Hall–Kier alpha value is -3.90. The Morgan fingerprint density at radius 1 is 0.921 bits per heavy atom. The van der Waals surface area contributed by atoms with E-state index >= 15 is 0 Å². The Kier molecular flexibility index (Phi) is 8.19. The fraction of sp³-hybridized carbons (Fsp3) is 0.312. The van der Waals surface area contributed by atoms with Gasteiger partial charge in [-0.25, -0.2) is 0 Å². The number of benzene rings is 3. The molecule has 2 amide bonds. The molecule has 0 saturated carbocycles. The molecule has 3 aromatic carbocycles. The highest BCUT2D eigenvalue weighted by atomic mass is 16.5. The number of aryl methyl sites for hydroxylation is 1. The fourth-order valence-electron chi connectivity index (χ4n) is 4.97. The van der Waals surface area contributed by atoms with Crippen LogP contribution in [-0.2, 0) is 11.3 Å². The van der Waals surface area contributed by atoms with Gasteiger partial charge in [0.15, 0.2) is 11.5 Å². The fourth-order valence-corrected chi connectivity index (χ4v) is 4.97. The number of hydrogen-bond donors (Lipinski definition) is 1. The molecule has 0 bridgehead atoms. The van der Waals surface area contributed by atoms with E-state index in [0.29, 0.717) is 24.4 Å². The highest BCUT2D eigenvalue weighted by molar-refractivity contribution is 6.09. The van der Waals surface area contributed by atoms with Crippen LogP contribution in [-0.4, -0.2) is 42.9 Å². The molecule has 0 aromatic heterocycles. The zero-order valence-electron chi connectivity index (χ0n) is 22.0. The van der Waals surface area contributed by atoms with Gasteiger partial charge in [0.2, 0.25) is 0 Å². The SMILES string of the molecule is Cc1ccc(CN2C(=O)/C(=C\c3ccc(C(=O)NCCN4CCCCCC4)cc3)Oc3ccccc32)cc1. The van der Waals surface area contributed by atoms with Crippen molar-refractivity contribution in [1.82, 2.24) is 10.2 Å². The topological polar surface area (TPSA) is 61.9 Å². The average molecular weight is 510 g/mol. The van der Waals surface area contributed by atoms with Crippen LogP contribution in [0.5, 0.6) is 5.75 Å². The molecular weight excluding hydrogens is 474 g/mol. The second-order valence-electron chi connectivity index (χ2n) is 10.1. The van der Waals surface area contributed by atoms with E-state index in [1.807, 2.05) is 55.5 Å². The highest BCUT2D eigenvalue weighted by Gasteiger charge is 2.30. The number of para-hydroxylation sites is 2. The molecule has 2 heterocycles. The van der Waals surface area contributed by atoms with Crippen molar-refractivity contribution >= 4 is 23.6 Å². The number of anilines is 1. The summed E-state index contributed by atoms with van der Waals surface area (Å²) in [7, 11) is 0. The third-order valence-corrected chi connectivity index (χ3v) is 7.18. The molecule has 6 nitrogen and oxygen atoms in total. The predicted octanol–water partition coefficient (Wildman–Crippen LogP) is 5.57. The third-order valence-electron chi connectivity index (χ3n) is 7.18. The van der Waals surface area contributed by atoms with E-state index in [2.05, 4.69) is 22.3 Å². The second-order valence-corrected chi connectivity index (χ2v) is 10.1. The molecule has 0 unspecified atom stereocenters. The van der Waals surface area contributed by atoms with Crippen molar-refractivity contribution in [3.8, 4) is 5.75 Å². The van der Waals surface area contributed by atoms with Crippen LogP contribution in [0.3, 0.4) is 0 Å². The normalized spacial score (nSPS) is 17.0. The Bertz CT molecular complexity index is 1290. The van der Waals surface area contributed by atoms with Crippen molar-refractivity contribution < 1.29 is 14.3 Å². The van der Waals surface area contributed by atoms with Gasteiger partial charge in [-0.2, -0.15) is 0 Å². The van der Waals surface area contributed by atoms with Crippen molar-refractivity contribution in [3.63, 3.8) is 0 Å². The lowest BCUT2D eigenvalue weighted by Crippen LogP contribution is -2.36. The van der Waals surface area contributed by atoms with Gasteiger partial charge >= 0.3 is 0 Å². The van der Waals surface area contributed by atoms with Crippen LogP contribution < -0.4 is 15.0 Å². The first-order chi connectivity index (χ1) is 18.6.